The van der Waals surface area contributed by atoms with Crippen LogP contribution in [0.4, 0.5) is 5.69 Å². The first-order valence-electron chi connectivity index (χ1n) is 15.3. The minimum atomic E-state index is -2.83. The summed E-state index contributed by atoms with van der Waals surface area (Å²) in [4.78, 5) is 28.1. The van der Waals surface area contributed by atoms with E-state index in [1.54, 1.807) is 11.8 Å². The molecule has 4 aromatic rings. The minimum Gasteiger partial charge on any atom is -0.497 e. The fourth-order valence-electron chi connectivity index (χ4n) is 7.28. The summed E-state index contributed by atoms with van der Waals surface area (Å²) in [7, 11) is -1.21. The molecule has 0 aliphatic carbocycles. The molecule has 11 heteroatoms. The number of rotatable bonds is 10. The number of ether oxygens (including phenoxy) is 2. The van der Waals surface area contributed by atoms with E-state index in [9.17, 15) is 14.7 Å². The Morgan fingerprint density at radius 1 is 1.11 bits per heavy atom. The van der Waals surface area contributed by atoms with Crippen LogP contribution in [0.3, 0.4) is 0 Å². The fraction of sp³-hybridized carbons (Fsp3) is 0.382. The molecule has 3 heterocycles. The van der Waals surface area contributed by atoms with Crippen LogP contribution in [0.1, 0.15) is 41.6 Å². The number of halogens is 1. The minimum absolute atomic E-state index is 0.0788. The molecule has 45 heavy (non-hydrogen) atoms. The molecular formula is C34H39IN4O5Si. The van der Waals surface area contributed by atoms with Gasteiger partial charge < -0.3 is 24.3 Å². The van der Waals surface area contributed by atoms with Gasteiger partial charge in [-0.2, -0.15) is 0 Å². The van der Waals surface area contributed by atoms with Crippen molar-refractivity contribution in [1.29, 1.82) is 0 Å². The van der Waals surface area contributed by atoms with Crippen molar-refractivity contribution in [2.45, 2.75) is 62.7 Å². The van der Waals surface area contributed by atoms with Gasteiger partial charge >= 0.3 is 0 Å². The molecule has 2 N–H and O–H groups in total. The van der Waals surface area contributed by atoms with Crippen LogP contribution in [0.2, 0.25) is 18.6 Å². The van der Waals surface area contributed by atoms with E-state index in [1.165, 1.54) is 0 Å². The first kappa shape index (κ1) is 31.9. The van der Waals surface area contributed by atoms with Gasteiger partial charge in [0.15, 0.2) is 13.9 Å². The number of amides is 1. The van der Waals surface area contributed by atoms with Gasteiger partial charge in [-0.1, -0.05) is 54.6 Å². The average Bonchev–Trinajstić information content (AvgIpc) is 3.68. The van der Waals surface area contributed by atoms with Crippen molar-refractivity contribution in [1.82, 2.24) is 15.0 Å². The lowest BCUT2D eigenvalue weighted by molar-refractivity contribution is -0.146. The number of nitrogens with zero attached hydrogens (tertiary/aromatic N) is 4. The molecule has 236 valence electrons. The molecular weight excluding hydrogens is 699 g/mol. The van der Waals surface area contributed by atoms with Crippen molar-refractivity contribution in [3.63, 3.8) is 0 Å². The molecule has 3 aromatic carbocycles. The quantitative estimate of drug-likeness (QED) is 0.165. The summed E-state index contributed by atoms with van der Waals surface area (Å²) in [5, 5.41) is 18.9. The number of benzene rings is 3. The summed E-state index contributed by atoms with van der Waals surface area (Å²) in [6.45, 7) is 6.72. The second kappa shape index (κ2) is 12.6. The summed E-state index contributed by atoms with van der Waals surface area (Å²) in [6, 6.07) is 23.7. The highest BCUT2D eigenvalue weighted by Gasteiger charge is 2.66. The van der Waals surface area contributed by atoms with Gasteiger partial charge in [-0.3, -0.25) is 9.48 Å². The van der Waals surface area contributed by atoms with E-state index < -0.39 is 13.9 Å². The van der Waals surface area contributed by atoms with E-state index in [0.717, 1.165) is 25.9 Å². The van der Waals surface area contributed by atoms with E-state index in [0.29, 0.717) is 31.0 Å². The van der Waals surface area contributed by atoms with Crippen molar-refractivity contribution in [2.24, 2.45) is 5.92 Å². The lowest BCUT2D eigenvalue weighted by atomic mass is 9.82. The summed E-state index contributed by atoms with van der Waals surface area (Å²) in [5.74, 6) is -0.0128. The normalized spacial score (nSPS) is 23.5. The van der Waals surface area contributed by atoms with Crippen LogP contribution in [0.5, 0.6) is 5.75 Å². The smallest absolute Gasteiger partial charge is 0.264 e. The van der Waals surface area contributed by atoms with Gasteiger partial charge in [-0.25, -0.2) is 0 Å². The molecule has 0 bridgehead atoms. The van der Waals surface area contributed by atoms with Crippen molar-refractivity contribution in [3.05, 3.63) is 105 Å². The monoisotopic (exact) mass is 738 g/mol. The average molecular weight is 739 g/mol. The van der Waals surface area contributed by atoms with Crippen molar-refractivity contribution >= 4 is 42.5 Å². The van der Waals surface area contributed by atoms with E-state index in [1.807, 2.05) is 104 Å². The number of fused-ring (bicyclic) bond motifs is 2. The van der Waals surface area contributed by atoms with E-state index in [2.05, 4.69) is 32.9 Å². The van der Waals surface area contributed by atoms with Crippen LogP contribution in [-0.4, -0.2) is 58.9 Å². The largest absolute Gasteiger partial charge is 0.497 e. The predicted molar refractivity (Wildman–Crippen MR) is 183 cm³/mol. The number of methoxy groups -OCH3 is 1. The molecule has 1 spiro atoms. The van der Waals surface area contributed by atoms with Crippen LogP contribution in [0.25, 0.3) is 0 Å². The molecule has 6 rings (SSSR count). The second-order valence-electron chi connectivity index (χ2n) is 12.6. The molecule has 1 fully saturated rings. The number of hydrogen-bond acceptors (Lipinski definition) is 7. The number of hydrogen-bond donors (Lipinski definition) is 2. The zero-order valence-electron chi connectivity index (χ0n) is 25.9. The lowest BCUT2D eigenvalue weighted by Gasteiger charge is -2.32. The zero-order valence-corrected chi connectivity index (χ0v) is 29.1. The van der Waals surface area contributed by atoms with Crippen molar-refractivity contribution in [3.8, 4) is 5.75 Å². The van der Waals surface area contributed by atoms with Crippen LogP contribution >= 0.6 is 22.6 Å². The molecule has 2 aliphatic rings. The molecule has 0 saturated carbocycles. The number of carbonyl (C=O) groups is 1. The Labute approximate surface area is 278 Å². The maximum absolute atomic E-state index is 14.6. The van der Waals surface area contributed by atoms with Gasteiger partial charge in [0.2, 0.25) is 0 Å². The number of aryl methyl sites for hydroxylation is 1. The van der Waals surface area contributed by atoms with Gasteiger partial charge in [0, 0.05) is 33.3 Å². The van der Waals surface area contributed by atoms with E-state index in [-0.39, 0.29) is 36.0 Å². The number of anilines is 1. The fourth-order valence-corrected chi connectivity index (χ4v) is 10.2. The maximum Gasteiger partial charge on any atom is 0.264 e. The molecule has 2 aliphatic heterocycles. The topological polar surface area (TPSA) is 110 Å². The Morgan fingerprint density at radius 3 is 2.51 bits per heavy atom. The number of carbonyl (C=O) groups excluding carboxylic acids is 1. The van der Waals surface area contributed by atoms with Crippen LogP contribution in [0, 0.1) is 9.49 Å². The molecule has 1 saturated heterocycles. The second-order valence-corrected chi connectivity index (χ2v) is 17.8. The van der Waals surface area contributed by atoms with Crippen LogP contribution in [-0.2, 0) is 28.2 Å². The molecule has 1 unspecified atom stereocenters. The van der Waals surface area contributed by atoms with Gasteiger partial charge in [-0.05, 0) is 83.6 Å². The van der Waals surface area contributed by atoms with Gasteiger partial charge in [-0.15, -0.1) is 5.10 Å². The summed E-state index contributed by atoms with van der Waals surface area (Å²) in [6.07, 6.45) is 2.01. The predicted octanol–water partition coefficient (Wildman–Crippen LogP) is 5.45. The molecule has 5 atom stereocenters. The Balaban J connectivity index is 1.31. The van der Waals surface area contributed by atoms with E-state index in [4.69, 9.17) is 9.47 Å². The van der Waals surface area contributed by atoms with Gasteiger partial charge in [0.1, 0.15) is 5.75 Å². The highest BCUT2D eigenvalue weighted by atomic mass is 127. The van der Waals surface area contributed by atoms with Crippen molar-refractivity contribution < 1.29 is 24.2 Å². The Bertz CT molecular complexity index is 1660. The van der Waals surface area contributed by atoms with Gasteiger partial charge in [0.05, 0.1) is 43.7 Å². The molecule has 1 amide bonds. The Hall–Kier alpha value is -3.10. The highest BCUT2D eigenvalue weighted by Crippen LogP contribution is 2.60. The molecule has 0 radical (unpaired) electrons. The summed E-state index contributed by atoms with van der Waals surface area (Å²) >= 11 is 2.28. The number of aromatic nitrogens is 3. The van der Waals surface area contributed by atoms with Crippen LogP contribution < -0.4 is 9.64 Å². The van der Waals surface area contributed by atoms with Gasteiger partial charge in [0.25, 0.3) is 5.91 Å². The zero-order chi connectivity index (χ0) is 31.9. The SMILES string of the molecule is COc1ccc2c(c1)[C@]1(O[C@@H](CCn3cc(C(CO)c4ccccc4)nn3)[C@H]([Si](C)(C)O)[C@H]1C)C(=O)N2Cc1ccc(I)cc1. The lowest BCUT2D eigenvalue weighted by Crippen LogP contribution is -2.46. The van der Waals surface area contributed by atoms with Crippen LogP contribution in [0.15, 0.2) is 79.0 Å². The van der Waals surface area contributed by atoms with E-state index >= 15 is 0 Å². The highest BCUT2D eigenvalue weighted by molar-refractivity contribution is 14.1. The third-order valence-electron chi connectivity index (χ3n) is 9.39. The third kappa shape index (κ3) is 5.84. The molecule has 9 nitrogen and oxygen atoms in total. The standard InChI is InChI=1S/C34H39IN4O5Si/c1-22-32(45(3,4)42)31(16-17-38-20-29(36-37-38)27(21-40)24-8-6-5-7-9-24)44-34(22)28-18-26(43-2)14-15-30(28)39(33(34)41)19-23-10-12-25(35)13-11-23/h5-15,18,20,22,27,31-32,40,42H,16-17,19,21H2,1-4H3/t22-,27?,31+,32-,34+/m1/s1. The first-order valence-corrected chi connectivity index (χ1v) is 19.4. The number of aliphatic hydroxyl groups is 1. The number of aliphatic hydroxyl groups excluding tert-OH is 1. The summed E-state index contributed by atoms with van der Waals surface area (Å²) in [5.41, 5.74) is 2.81. The Kier molecular flexibility index (Phi) is 8.92. The van der Waals surface area contributed by atoms with Crippen molar-refractivity contribution in [2.75, 3.05) is 18.6 Å². The molecule has 1 aromatic heterocycles. The Morgan fingerprint density at radius 2 is 1.84 bits per heavy atom. The summed E-state index contributed by atoms with van der Waals surface area (Å²) < 4.78 is 15.5. The maximum atomic E-state index is 14.6. The third-order valence-corrected chi connectivity index (χ3v) is 12.6. The first-order chi connectivity index (χ1) is 21.6.